The second-order valence-corrected chi connectivity index (χ2v) is 4.19. The Morgan fingerprint density at radius 1 is 1.53 bits per heavy atom. The van der Waals surface area contributed by atoms with Gasteiger partial charge in [-0.2, -0.15) is 0 Å². The monoisotopic (exact) mass is 213 g/mol. The molecule has 1 aliphatic heterocycles. The minimum absolute atomic E-state index is 0.112. The quantitative estimate of drug-likeness (QED) is 0.586. The molecule has 1 amide bonds. The zero-order valence-corrected chi connectivity index (χ0v) is 9.64. The summed E-state index contributed by atoms with van der Waals surface area (Å²) in [6.07, 6.45) is 3.53. The molecule has 4 heteroatoms. The van der Waals surface area contributed by atoms with Gasteiger partial charge in [0.2, 0.25) is 5.91 Å². The van der Waals surface area contributed by atoms with E-state index in [9.17, 15) is 4.79 Å². The maximum absolute atomic E-state index is 11.3. The van der Waals surface area contributed by atoms with Crippen molar-refractivity contribution in [3.63, 3.8) is 0 Å². The van der Waals surface area contributed by atoms with E-state index in [2.05, 4.69) is 22.9 Å². The van der Waals surface area contributed by atoms with Gasteiger partial charge in [-0.25, -0.2) is 0 Å². The highest BCUT2D eigenvalue weighted by Crippen LogP contribution is 2.07. The molecule has 0 saturated carbocycles. The lowest BCUT2D eigenvalue weighted by molar-refractivity contribution is -0.120. The summed E-state index contributed by atoms with van der Waals surface area (Å²) in [6, 6.07) is 0. The maximum Gasteiger partial charge on any atom is 0.233 e. The third kappa shape index (κ3) is 5.74. The first kappa shape index (κ1) is 12.5. The first-order valence-electron chi connectivity index (χ1n) is 6.01. The first-order chi connectivity index (χ1) is 7.33. The molecule has 0 aromatic heterocycles. The molecule has 1 rings (SSSR count). The highest BCUT2D eigenvalue weighted by molar-refractivity contribution is 5.77. The third-order valence-electron chi connectivity index (χ3n) is 2.69. The summed E-state index contributed by atoms with van der Waals surface area (Å²) in [5, 5.41) is 9.43. The standard InChI is InChI=1S/C11H23N3O/c1-2-5-14-11(15)9-13-8-10-4-3-6-12-7-10/h10,12-13H,2-9H2,1H3,(H,14,15). The predicted molar refractivity (Wildman–Crippen MR) is 61.8 cm³/mol. The number of amides is 1. The van der Waals surface area contributed by atoms with Crippen LogP contribution in [0.3, 0.4) is 0 Å². The van der Waals surface area contributed by atoms with Crippen molar-refractivity contribution in [1.82, 2.24) is 16.0 Å². The van der Waals surface area contributed by atoms with E-state index in [1.165, 1.54) is 12.8 Å². The molecule has 1 saturated heterocycles. The van der Waals surface area contributed by atoms with Crippen LogP contribution in [-0.2, 0) is 4.79 Å². The molecule has 1 atom stereocenters. The van der Waals surface area contributed by atoms with Gasteiger partial charge in [-0.05, 0) is 44.8 Å². The zero-order chi connectivity index (χ0) is 10.9. The number of hydrogen-bond donors (Lipinski definition) is 3. The van der Waals surface area contributed by atoms with Crippen molar-refractivity contribution < 1.29 is 4.79 Å². The van der Waals surface area contributed by atoms with Crippen LogP contribution >= 0.6 is 0 Å². The van der Waals surface area contributed by atoms with Crippen molar-refractivity contribution in [2.45, 2.75) is 26.2 Å². The minimum Gasteiger partial charge on any atom is -0.355 e. The second kappa shape index (κ2) is 7.65. The lowest BCUT2D eigenvalue weighted by Crippen LogP contribution is -2.40. The molecule has 1 aliphatic rings. The van der Waals surface area contributed by atoms with Crippen molar-refractivity contribution >= 4 is 5.91 Å². The average molecular weight is 213 g/mol. The van der Waals surface area contributed by atoms with Gasteiger partial charge in [-0.15, -0.1) is 0 Å². The highest BCUT2D eigenvalue weighted by Gasteiger charge is 2.12. The van der Waals surface area contributed by atoms with Crippen LogP contribution in [0.15, 0.2) is 0 Å². The van der Waals surface area contributed by atoms with Gasteiger partial charge < -0.3 is 16.0 Å². The van der Waals surface area contributed by atoms with Crippen LogP contribution in [0.1, 0.15) is 26.2 Å². The Morgan fingerprint density at radius 3 is 3.07 bits per heavy atom. The number of hydrogen-bond acceptors (Lipinski definition) is 3. The summed E-state index contributed by atoms with van der Waals surface area (Å²) >= 11 is 0. The lowest BCUT2D eigenvalue weighted by atomic mass is 10.00. The molecule has 0 aliphatic carbocycles. The molecular formula is C11H23N3O. The summed E-state index contributed by atoms with van der Waals surface area (Å²) in [4.78, 5) is 11.3. The fourth-order valence-electron chi connectivity index (χ4n) is 1.81. The molecule has 4 nitrogen and oxygen atoms in total. The SMILES string of the molecule is CCCNC(=O)CNCC1CCCNC1. The van der Waals surface area contributed by atoms with E-state index >= 15 is 0 Å². The summed E-state index contributed by atoms with van der Waals surface area (Å²) in [6.45, 7) is 6.48. The van der Waals surface area contributed by atoms with E-state index in [1.807, 2.05) is 0 Å². The van der Waals surface area contributed by atoms with Crippen molar-refractivity contribution in [3.8, 4) is 0 Å². The van der Waals surface area contributed by atoms with Gasteiger partial charge in [-0.3, -0.25) is 4.79 Å². The molecule has 0 radical (unpaired) electrons. The number of carbonyl (C=O) groups is 1. The Labute approximate surface area is 92.2 Å². The summed E-state index contributed by atoms with van der Waals surface area (Å²) in [5.41, 5.74) is 0. The number of piperidine rings is 1. The van der Waals surface area contributed by atoms with E-state index in [4.69, 9.17) is 0 Å². The van der Waals surface area contributed by atoms with Crippen LogP contribution in [0, 0.1) is 5.92 Å². The Balaban J connectivity index is 1.97. The van der Waals surface area contributed by atoms with Crippen LogP contribution in [0.5, 0.6) is 0 Å². The Hall–Kier alpha value is -0.610. The van der Waals surface area contributed by atoms with Crippen LogP contribution < -0.4 is 16.0 Å². The molecule has 15 heavy (non-hydrogen) atoms. The Kier molecular flexibility index (Phi) is 6.36. The normalized spacial score (nSPS) is 21.3. The third-order valence-corrected chi connectivity index (χ3v) is 2.69. The van der Waals surface area contributed by atoms with Crippen molar-refractivity contribution in [3.05, 3.63) is 0 Å². The molecule has 88 valence electrons. The van der Waals surface area contributed by atoms with Gasteiger partial charge >= 0.3 is 0 Å². The fraction of sp³-hybridized carbons (Fsp3) is 0.909. The van der Waals surface area contributed by atoms with Crippen LogP contribution in [-0.4, -0.2) is 38.6 Å². The molecule has 0 spiro atoms. The van der Waals surface area contributed by atoms with Crippen molar-refractivity contribution in [2.75, 3.05) is 32.7 Å². The Bertz CT molecular complexity index is 179. The molecule has 1 fully saturated rings. The molecule has 1 heterocycles. The fourth-order valence-corrected chi connectivity index (χ4v) is 1.81. The molecule has 0 bridgehead atoms. The van der Waals surface area contributed by atoms with Gasteiger partial charge in [-0.1, -0.05) is 6.92 Å². The zero-order valence-electron chi connectivity index (χ0n) is 9.64. The minimum atomic E-state index is 0.112. The van der Waals surface area contributed by atoms with Crippen LogP contribution in [0.2, 0.25) is 0 Å². The van der Waals surface area contributed by atoms with Crippen LogP contribution in [0.25, 0.3) is 0 Å². The van der Waals surface area contributed by atoms with Gasteiger partial charge in [0.05, 0.1) is 6.54 Å². The van der Waals surface area contributed by atoms with E-state index in [-0.39, 0.29) is 5.91 Å². The van der Waals surface area contributed by atoms with Crippen molar-refractivity contribution in [1.29, 1.82) is 0 Å². The predicted octanol–water partition coefficient (Wildman–Crippen LogP) is 0.102. The van der Waals surface area contributed by atoms with E-state index in [0.717, 1.165) is 32.6 Å². The molecule has 0 aromatic rings. The number of rotatable bonds is 6. The second-order valence-electron chi connectivity index (χ2n) is 4.19. The van der Waals surface area contributed by atoms with E-state index in [0.29, 0.717) is 12.5 Å². The van der Waals surface area contributed by atoms with Gasteiger partial charge in [0.1, 0.15) is 0 Å². The van der Waals surface area contributed by atoms with Crippen molar-refractivity contribution in [2.24, 2.45) is 5.92 Å². The molecular weight excluding hydrogens is 190 g/mol. The smallest absolute Gasteiger partial charge is 0.233 e. The number of carbonyl (C=O) groups excluding carboxylic acids is 1. The highest BCUT2D eigenvalue weighted by atomic mass is 16.1. The maximum atomic E-state index is 11.3. The molecule has 0 aromatic carbocycles. The largest absolute Gasteiger partial charge is 0.355 e. The van der Waals surface area contributed by atoms with Gasteiger partial charge in [0, 0.05) is 6.54 Å². The first-order valence-corrected chi connectivity index (χ1v) is 6.01. The molecule has 3 N–H and O–H groups in total. The van der Waals surface area contributed by atoms with Crippen LogP contribution in [0.4, 0.5) is 0 Å². The number of nitrogens with one attached hydrogen (secondary N) is 3. The Morgan fingerprint density at radius 2 is 2.40 bits per heavy atom. The summed E-state index contributed by atoms with van der Waals surface area (Å²) < 4.78 is 0. The molecule has 1 unspecified atom stereocenters. The topological polar surface area (TPSA) is 53.2 Å². The van der Waals surface area contributed by atoms with E-state index < -0.39 is 0 Å². The summed E-state index contributed by atoms with van der Waals surface area (Å²) in [5.74, 6) is 0.804. The average Bonchev–Trinajstić information content (AvgIpc) is 2.28. The lowest BCUT2D eigenvalue weighted by Gasteiger charge is -2.22. The summed E-state index contributed by atoms with van der Waals surface area (Å²) in [7, 11) is 0. The van der Waals surface area contributed by atoms with E-state index in [1.54, 1.807) is 0 Å². The van der Waals surface area contributed by atoms with Gasteiger partial charge in [0.15, 0.2) is 0 Å². The van der Waals surface area contributed by atoms with Gasteiger partial charge in [0.25, 0.3) is 0 Å².